The summed E-state index contributed by atoms with van der Waals surface area (Å²) in [5, 5.41) is 0.869. The zero-order chi connectivity index (χ0) is 20.7. The smallest absolute Gasteiger partial charge is 0.354 e. The number of rotatable bonds is 4. The normalized spacial score (nSPS) is 11.2. The first-order chi connectivity index (χ1) is 13.9. The van der Waals surface area contributed by atoms with Crippen molar-refractivity contribution in [2.75, 3.05) is 7.11 Å². The van der Waals surface area contributed by atoms with Crippen LogP contribution in [0.3, 0.4) is 0 Å². The molecule has 3 heterocycles. The Morgan fingerprint density at radius 2 is 1.93 bits per heavy atom. The highest BCUT2D eigenvalue weighted by molar-refractivity contribution is 7.15. The number of ether oxygens (including phenoxy) is 1. The summed E-state index contributed by atoms with van der Waals surface area (Å²) in [7, 11) is 1.54. The lowest BCUT2D eigenvalue weighted by Gasteiger charge is -2.13. The van der Waals surface area contributed by atoms with Crippen molar-refractivity contribution in [2.24, 2.45) is 0 Å². The zero-order valence-electron chi connectivity index (χ0n) is 15.4. The molecule has 0 aliphatic carbocycles. The van der Waals surface area contributed by atoms with Crippen molar-refractivity contribution >= 4 is 51.8 Å². The minimum Gasteiger partial charge on any atom is -0.465 e. The number of pyridine rings is 1. The lowest BCUT2D eigenvalue weighted by atomic mass is 10.1. The van der Waals surface area contributed by atoms with Crippen LogP contribution in [-0.4, -0.2) is 16.5 Å². The summed E-state index contributed by atoms with van der Waals surface area (Å²) in [6.45, 7) is 2.38. The molecular weight excluding hydrogens is 453 g/mol. The van der Waals surface area contributed by atoms with Crippen LogP contribution in [0.25, 0.3) is 16.8 Å². The SMILES string of the molecule is COc1c(-c2cc(Cl)cc(Cl)c2)c(=O)n2cccc(C)c2[n+]1Cc1cnc(Cl)s1. The molecule has 0 bridgehead atoms. The largest absolute Gasteiger partial charge is 0.465 e. The highest BCUT2D eigenvalue weighted by Gasteiger charge is 2.28. The maximum atomic E-state index is 13.4. The van der Waals surface area contributed by atoms with Gasteiger partial charge in [0.05, 0.1) is 18.2 Å². The number of hydrogen-bond acceptors (Lipinski definition) is 4. The number of aryl methyl sites for hydroxylation is 1. The topological polar surface area (TPSA) is 47.5 Å². The number of methoxy groups -OCH3 is 1. The third-order valence-electron chi connectivity index (χ3n) is 4.49. The van der Waals surface area contributed by atoms with Crippen molar-refractivity contribution in [3.8, 4) is 17.0 Å². The van der Waals surface area contributed by atoms with Gasteiger partial charge >= 0.3 is 11.4 Å². The van der Waals surface area contributed by atoms with Crippen LogP contribution in [0.15, 0.2) is 47.5 Å². The second-order valence-electron chi connectivity index (χ2n) is 6.40. The van der Waals surface area contributed by atoms with E-state index in [2.05, 4.69) is 4.98 Å². The van der Waals surface area contributed by atoms with Gasteiger partial charge in [-0.3, -0.25) is 0 Å². The Balaban J connectivity index is 2.11. The summed E-state index contributed by atoms with van der Waals surface area (Å²) in [5.41, 5.74) is 2.37. The minimum absolute atomic E-state index is 0.225. The number of halogens is 3. The van der Waals surface area contributed by atoms with E-state index in [4.69, 9.17) is 39.5 Å². The van der Waals surface area contributed by atoms with Gasteiger partial charge in [-0.25, -0.2) is 9.78 Å². The molecule has 0 unspecified atom stereocenters. The predicted molar refractivity (Wildman–Crippen MR) is 117 cm³/mol. The van der Waals surface area contributed by atoms with Gasteiger partial charge < -0.3 is 4.74 Å². The van der Waals surface area contributed by atoms with E-state index in [1.165, 1.54) is 18.4 Å². The average molecular weight is 468 g/mol. The molecule has 29 heavy (non-hydrogen) atoms. The van der Waals surface area contributed by atoms with Gasteiger partial charge in [0, 0.05) is 27.4 Å². The number of nitrogens with zero attached hydrogens (tertiary/aromatic N) is 3. The summed E-state index contributed by atoms with van der Waals surface area (Å²) < 4.78 is 9.74. The first kappa shape index (κ1) is 20.2. The fraction of sp³-hybridized carbons (Fsp3) is 0.150. The highest BCUT2D eigenvalue weighted by Crippen LogP contribution is 2.30. The minimum atomic E-state index is -0.225. The molecule has 4 rings (SSSR count). The molecule has 0 aliphatic rings. The Morgan fingerprint density at radius 3 is 2.55 bits per heavy atom. The summed E-state index contributed by atoms with van der Waals surface area (Å²) in [5.74, 6) is 0.409. The van der Waals surface area contributed by atoms with Crippen LogP contribution in [0.2, 0.25) is 14.5 Å². The Kier molecular flexibility index (Phi) is 5.53. The molecule has 1 aromatic carbocycles. The molecule has 0 N–H and O–H groups in total. The van der Waals surface area contributed by atoms with E-state index in [-0.39, 0.29) is 5.56 Å². The Bertz CT molecular complexity index is 1280. The summed E-state index contributed by atoms with van der Waals surface area (Å²) in [4.78, 5) is 18.5. The third kappa shape index (κ3) is 3.73. The molecule has 0 spiro atoms. The zero-order valence-corrected chi connectivity index (χ0v) is 18.5. The Labute approximate surface area is 185 Å². The molecule has 3 aromatic heterocycles. The second-order valence-corrected chi connectivity index (χ2v) is 8.97. The first-order valence-corrected chi connectivity index (χ1v) is 10.5. The van der Waals surface area contributed by atoms with Gasteiger partial charge in [0.25, 0.3) is 5.65 Å². The van der Waals surface area contributed by atoms with Crippen LogP contribution in [-0.2, 0) is 6.54 Å². The highest BCUT2D eigenvalue weighted by atomic mass is 35.5. The van der Waals surface area contributed by atoms with Crippen LogP contribution in [0, 0.1) is 6.92 Å². The molecule has 0 aliphatic heterocycles. The second kappa shape index (κ2) is 7.95. The van der Waals surface area contributed by atoms with E-state index in [0.717, 1.165) is 16.1 Å². The number of thiazole rings is 1. The Hall–Kier alpha value is -2.12. The van der Waals surface area contributed by atoms with Crippen LogP contribution in [0.5, 0.6) is 5.88 Å². The summed E-state index contributed by atoms with van der Waals surface area (Å²) in [6.07, 6.45) is 3.45. The van der Waals surface area contributed by atoms with E-state index in [1.807, 2.05) is 23.6 Å². The van der Waals surface area contributed by atoms with Crippen molar-refractivity contribution in [3.63, 3.8) is 0 Å². The number of benzene rings is 1. The fourth-order valence-corrected chi connectivity index (χ4v) is 4.87. The van der Waals surface area contributed by atoms with E-state index in [9.17, 15) is 4.79 Å². The van der Waals surface area contributed by atoms with E-state index >= 15 is 0 Å². The molecule has 0 saturated heterocycles. The van der Waals surface area contributed by atoms with Crippen LogP contribution < -0.4 is 14.9 Å². The lowest BCUT2D eigenvalue weighted by molar-refractivity contribution is -0.670. The van der Waals surface area contributed by atoms with Gasteiger partial charge in [-0.2, -0.15) is 8.97 Å². The molecular formula is C20H15Cl3N3O2S+. The van der Waals surface area contributed by atoms with Crippen LogP contribution in [0.4, 0.5) is 0 Å². The molecule has 0 atom stereocenters. The van der Waals surface area contributed by atoms with E-state index in [0.29, 0.717) is 38.1 Å². The number of aromatic nitrogens is 3. The molecule has 148 valence electrons. The lowest BCUT2D eigenvalue weighted by Crippen LogP contribution is -2.43. The van der Waals surface area contributed by atoms with Gasteiger partial charge in [0.1, 0.15) is 6.54 Å². The van der Waals surface area contributed by atoms with Gasteiger partial charge in [-0.1, -0.05) is 34.8 Å². The monoisotopic (exact) mass is 466 g/mol. The maximum Gasteiger partial charge on any atom is 0.354 e. The average Bonchev–Trinajstić information content (AvgIpc) is 3.07. The molecule has 5 nitrogen and oxygen atoms in total. The quantitative estimate of drug-likeness (QED) is 0.395. The van der Waals surface area contributed by atoms with Crippen molar-refractivity contribution in [2.45, 2.75) is 13.5 Å². The Morgan fingerprint density at radius 1 is 1.21 bits per heavy atom. The van der Waals surface area contributed by atoms with Gasteiger partial charge in [-0.05, 0) is 37.3 Å². The van der Waals surface area contributed by atoms with Crippen molar-refractivity contribution < 1.29 is 9.30 Å². The third-order valence-corrected chi connectivity index (χ3v) is 6.03. The van der Waals surface area contributed by atoms with Gasteiger partial charge in [0.2, 0.25) is 0 Å². The molecule has 4 aromatic rings. The summed E-state index contributed by atoms with van der Waals surface area (Å²) in [6, 6.07) is 8.79. The van der Waals surface area contributed by atoms with Crippen LogP contribution in [0.1, 0.15) is 10.4 Å². The van der Waals surface area contributed by atoms with Crippen molar-refractivity contribution in [1.82, 2.24) is 9.38 Å². The molecule has 9 heteroatoms. The van der Waals surface area contributed by atoms with Gasteiger partial charge in [-0.15, -0.1) is 11.3 Å². The van der Waals surface area contributed by atoms with E-state index in [1.54, 1.807) is 35.0 Å². The number of hydrogen-bond donors (Lipinski definition) is 0. The van der Waals surface area contributed by atoms with Crippen molar-refractivity contribution in [1.29, 1.82) is 0 Å². The summed E-state index contributed by atoms with van der Waals surface area (Å²) >= 11 is 19.8. The van der Waals surface area contributed by atoms with Crippen molar-refractivity contribution in [3.05, 3.63) is 78.0 Å². The predicted octanol–water partition coefficient (Wildman–Crippen LogP) is 5.04. The maximum absolute atomic E-state index is 13.4. The number of fused-ring (bicyclic) bond motifs is 1. The molecule has 0 amide bonds. The molecule has 0 saturated carbocycles. The first-order valence-electron chi connectivity index (χ1n) is 8.57. The molecule has 0 fully saturated rings. The molecule has 0 radical (unpaired) electrons. The fourth-order valence-electron chi connectivity index (χ4n) is 3.38. The van der Waals surface area contributed by atoms with Crippen LogP contribution >= 0.6 is 46.1 Å². The standard InChI is InChI=1S/C20H15Cl3N3O2S/c1-11-4-3-5-25-17(11)26(10-15-9-24-20(23)29-15)19(28-2)16(18(25)27)12-6-13(21)8-14(22)7-12/h3-9H,10H2,1-2H3/q+1. The van der Waals surface area contributed by atoms with E-state index < -0.39 is 0 Å². The van der Waals surface area contributed by atoms with Gasteiger partial charge in [0.15, 0.2) is 10.0 Å².